The number of alkyl halides is 1. The minimum absolute atomic E-state index is 0.130. The highest BCUT2D eigenvalue weighted by molar-refractivity contribution is 6.30. The molecule has 178 valence electrons. The predicted molar refractivity (Wildman–Crippen MR) is 133 cm³/mol. The normalized spacial score (nSPS) is 15.4. The van der Waals surface area contributed by atoms with Gasteiger partial charge < -0.3 is 15.0 Å². The lowest BCUT2D eigenvalue weighted by Crippen LogP contribution is -2.47. The molecule has 0 bridgehead atoms. The van der Waals surface area contributed by atoms with Gasteiger partial charge in [-0.2, -0.15) is 0 Å². The molecule has 5 nitrogen and oxygen atoms in total. The maximum absolute atomic E-state index is 13.6. The summed E-state index contributed by atoms with van der Waals surface area (Å²) >= 11 is 12.0. The van der Waals surface area contributed by atoms with Gasteiger partial charge >= 0.3 is 0 Å². The van der Waals surface area contributed by atoms with Crippen molar-refractivity contribution in [2.75, 3.05) is 19.5 Å². The van der Waals surface area contributed by atoms with Crippen molar-refractivity contribution in [3.05, 3.63) is 64.7 Å². The first kappa shape index (κ1) is 25.4. The fourth-order valence-corrected chi connectivity index (χ4v) is 4.62. The van der Waals surface area contributed by atoms with Crippen molar-refractivity contribution in [1.82, 2.24) is 10.2 Å². The van der Waals surface area contributed by atoms with Crippen LogP contribution in [0.1, 0.15) is 55.7 Å². The lowest BCUT2D eigenvalue weighted by atomic mass is 10.0. The molecule has 0 unspecified atom stereocenters. The monoisotopic (exact) mass is 490 g/mol. The van der Waals surface area contributed by atoms with E-state index >= 15 is 0 Å². The summed E-state index contributed by atoms with van der Waals surface area (Å²) in [5, 5.41) is 3.89. The third-order valence-electron chi connectivity index (χ3n) is 6.18. The zero-order chi connectivity index (χ0) is 23.6. The standard InChI is InChI=1S/C26H32Cl2N2O3/c1-33-23-14-10-20(11-15-23)25(26(32)29-22-6-4-2-3-5-7-22)30(24(31)18-27)17-16-19-8-12-21(28)13-9-19/h8-15,22,25H,2-7,16-18H2,1H3,(H,29,32)/t25-/m0/s1. The van der Waals surface area contributed by atoms with Gasteiger partial charge in [0.25, 0.3) is 0 Å². The Morgan fingerprint density at radius 2 is 1.67 bits per heavy atom. The van der Waals surface area contributed by atoms with Crippen LogP contribution in [-0.2, 0) is 16.0 Å². The molecule has 1 fully saturated rings. The maximum Gasteiger partial charge on any atom is 0.247 e. The number of rotatable bonds is 9. The van der Waals surface area contributed by atoms with Gasteiger partial charge in [-0.15, -0.1) is 11.6 Å². The molecule has 0 aliphatic heterocycles. The van der Waals surface area contributed by atoms with E-state index in [0.717, 1.165) is 36.8 Å². The number of nitrogens with one attached hydrogen (secondary N) is 1. The Morgan fingerprint density at radius 1 is 1.03 bits per heavy atom. The first-order valence-electron chi connectivity index (χ1n) is 11.6. The van der Waals surface area contributed by atoms with Gasteiger partial charge in [-0.3, -0.25) is 9.59 Å². The van der Waals surface area contributed by atoms with Gasteiger partial charge in [-0.05, 0) is 54.7 Å². The summed E-state index contributed by atoms with van der Waals surface area (Å²) in [7, 11) is 1.60. The number of carbonyl (C=O) groups excluding carboxylic acids is 2. The van der Waals surface area contributed by atoms with Crippen molar-refractivity contribution < 1.29 is 14.3 Å². The molecule has 2 amide bonds. The minimum atomic E-state index is -0.766. The molecule has 0 heterocycles. The largest absolute Gasteiger partial charge is 0.497 e. The highest BCUT2D eigenvalue weighted by Crippen LogP contribution is 2.26. The van der Waals surface area contributed by atoms with Crippen LogP contribution in [0.4, 0.5) is 0 Å². The van der Waals surface area contributed by atoms with E-state index in [0.29, 0.717) is 23.7 Å². The molecule has 1 atom stereocenters. The summed E-state index contributed by atoms with van der Waals surface area (Å²) in [6, 6.07) is 14.2. The smallest absolute Gasteiger partial charge is 0.247 e. The molecular weight excluding hydrogens is 459 g/mol. The van der Waals surface area contributed by atoms with Gasteiger partial charge in [0.1, 0.15) is 17.7 Å². The Labute approximate surface area is 206 Å². The number of amides is 2. The first-order chi connectivity index (χ1) is 16.0. The van der Waals surface area contributed by atoms with Gasteiger partial charge in [0.05, 0.1) is 7.11 Å². The molecule has 0 aromatic heterocycles. The highest BCUT2D eigenvalue weighted by atomic mass is 35.5. The molecule has 3 rings (SSSR count). The molecule has 7 heteroatoms. The quantitative estimate of drug-likeness (QED) is 0.370. The van der Waals surface area contributed by atoms with E-state index in [4.69, 9.17) is 27.9 Å². The van der Waals surface area contributed by atoms with E-state index < -0.39 is 6.04 Å². The minimum Gasteiger partial charge on any atom is -0.497 e. The average Bonchev–Trinajstić information content (AvgIpc) is 3.11. The fourth-order valence-electron chi connectivity index (χ4n) is 4.34. The predicted octanol–water partition coefficient (Wildman–Crippen LogP) is 5.54. The van der Waals surface area contributed by atoms with Gasteiger partial charge in [0.15, 0.2) is 0 Å². The van der Waals surface area contributed by atoms with E-state index in [2.05, 4.69) is 5.32 Å². The van der Waals surface area contributed by atoms with Crippen LogP contribution in [0, 0.1) is 0 Å². The average molecular weight is 491 g/mol. The molecule has 0 saturated heterocycles. The van der Waals surface area contributed by atoms with E-state index in [1.807, 2.05) is 48.5 Å². The zero-order valence-corrected chi connectivity index (χ0v) is 20.6. The molecule has 2 aromatic rings. The van der Waals surface area contributed by atoms with E-state index in [9.17, 15) is 9.59 Å². The number of hydrogen-bond acceptors (Lipinski definition) is 3. The number of ether oxygens (including phenoxy) is 1. The zero-order valence-electron chi connectivity index (χ0n) is 19.1. The van der Waals surface area contributed by atoms with Crippen LogP contribution in [0.25, 0.3) is 0 Å². The van der Waals surface area contributed by atoms with Crippen molar-refractivity contribution >= 4 is 35.0 Å². The Hall–Kier alpha value is -2.24. The van der Waals surface area contributed by atoms with Crippen LogP contribution in [0.2, 0.25) is 5.02 Å². The first-order valence-corrected chi connectivity index (χ1v) is 12.5. The van der Waals surface area contributed by atoms with E-state index in [1.54, 1.807) is 12.0 Å². The van der Waals surface area contributed by atoms with Crippen LogP contribution in [0.3, 0.4) is 0 Å². The third-order valence-corrected chi connectivity index (χ3v) is 6.66. The van der Waals surface area contributed by atoms with Crippen molar-refractivity contribution in [3.8, 4) is 5.75 Å². The molecule has 1 aliphatic carbocycles. The van der Waals surface area contributed by atoms with Crippen LogP contribution in [-0.4, -0.2) is 42.3 Å². The summed E-state index contributed by atoms with van der Waals surface area (Å²) in [5.74, 6) is 0.0615. The van der Waals surface area contributed by atoms with Crippen molar-refractivity contribution in [1.29, 1.82) is 0 Å². The molecule has 2 aromatic carbocycles. The Bertz CT molecular complexity index is 895. The maximum atomic E-state index is 13.6. The molecule has 33 heavy (non-hydrogen) atoms. The lowest BCUT2D eigenvalue weighted by Gasteiger charge is -2.32. The molecule has 1 aliphatic rings. The summed E-state index contributed by atoms with van der Waals surface area (Å²) in [6.07, 6.45) is 7.14. The second-order valence-electron chi connectivity index (χ2n) is 8.47. The van der Waals surface area contributed by atoms with Crippen LogP contribution in [0.15, 0.2) is 48.5 Å². The Morgan fingerprint density at radius 3 is 2.24 bits per heavy atom. The van der Waals surface area contributed by atoms with Crippen LogP contribution >= 0.6 is 23.2 Å². The highest BCUT2D eigenvalue weighted by Gasteiger charge is 2.32. The van der Waals surface area contributed by atoms with Gasteiger partial charge in [0, 0.05) is 17.6 Å². The third kappa shape index (κ3) is 7.38. The second-order valence-corrected chi connectivity index (χ2v) is 9.17. The summed E-state index contributed by atoms with van der Waals surface area (Å²) < 4.78 is 5.28. The summed E-state index contributed by atoms with van der Waals surface area (Å²) in [6.45, 7) is 0.363. The Kier molecular flexibility index (Phi) is 9.89. The van der Waals surface area contributed by atoms with Crippen molar-refractivity contribution in [2.45, 2.75) is 57.0 Å². The summed E-state index contributed by atoms with van der Waals surface area (Å²) in [5.41, 5.74) is 1.76. The molecular formula is C26H32Cl2N2O3. The van der Waals surface area contributed by atoms with Crippen molar-refractivity contribution in [2.24, 2.45) is 0 Å². The molecule has 1 saturated carbocycles. The summed E-state index contributed by atoms with van der Waals surface area (Å²) in [4.78, 5) is 28.1. The van der Waals surface area contributed by atoms with Crippen molar-refractivity contribution in [3.63, 3.8) is 0 Å². The number of halogens is 2. The fraction of sp³-hybridized carbons (Fsp3) is 0.462. The van der Waals surface area contributed by atoms with Gasteiger partial charge in [-0.1, -0.05) is 61.5 Å². The van der Waals surface area contributed by atoms with E-state index in [-0.39, 0.29) is 23.7 Å². The van der Waals surface area contributed by atoms with Crippen LogP contribution < -0.4 is 10.1 Å². The van der Waals surface area contributed by atoms with Gasteiger partial charge in [0.2, 0.25) is 11.8 Å². The number of methoxy groups -OCH3 is 1. The number of benzene rings is 2. The number of nitrogens with zero attached hydrogens (tertiary/aromatic N) is 1. The van der Waals surface area contributed by atoms with Crippen LogP contribution in [0.5, 0.6) is 5.75 Å². The number of hydrogen-bond donors (Lipinski definition) is 1. The SMILES string of the molecule is COc1ccc([C@@H](C(=O)NC2CCCCCC2)N(CCc2ccc(Cl)cc2)C(=O)CCl)cc1. The Balaban J connectivity index is 1.87. The van der Waals surface area contributed by atoms with E-state index in [1.165, 1.54) is 12.8 Å². The molecule has 0 radical (unpaired) electrons. The van der Waals surface area contributed by atoms with Gasteiger partial charge in [-0.25, -0.2) is 0 Å². The topological polar surface area (TPSA) is 58.6 Å². The molecule has 0 spiro atoms. The number of carbonyl (C=O) groups is 2. The second kappa shape index (κ2) is 12.9. The molecule has 1 N–H and O–H groups in total. The lowest BCUT2D eigenvalue weighted by molar-refractivity contribution is -0.139.